The summed E-state index contributed by atoms with van der Waals surface area (Å²) < 4.78 is 18.9. The first kappa shape index (κ1) is 16.7. The van der Waals surface area contributed by atoms with E-state index in [-0.39, 0.29) is 23.9 Å². The summed E-state index contributed by atoms with van der Waals surface area (Å²) in [6.07, 6.45) is 4.06. The maximum atomic E-state index is 13.4. The molecule has 3 aromatic rings. The van der Waals surface area contributed by atoms with Crippen LogP contribution in [0.15, 0.2) is 36.7 Å². The van der Waals surface area contributed by atoms with Crippen molar-refractivity contribution in [3.05, 3.63) is 59.6 Å². The van der Waals surface area contributed by atoms with Gasteiger partial charge in [0, 0.05) is 43.9 Å². The van der Waals surface area contributed by atoms with Crippen molar-refractivity contribution in [1.82, 2.24) is 19.9 Å². The molecule has 1 N–H and O–H groups in total. The number of rotatable bonds is 3. The number of H-pyrrole nitrogens is 1. The molecule has 7 heteroatoms. The van der Waals surface area contributed by atoms with Crippen LogP contribution in [0.3, 0.4) is 0 Å². The van der Waals surface area contributed by atoms with Crippen LogP contribution in [0.25, 0.3) is 10.9 Å². The number of amides is 1. The predicted octanol–water partition coefficient (Wildman–Crippen LogP) is 3.01. The van der Waals surface area contributed by atoms with E-state index in [1.54, 1.807) is 43.5 Å². The second-order valence-electron chi connectivity index (χ2n) is 6.50. The van der Waals surface area contributed by atoms with E-state index in [1.165, 1.54) is 12.1 Å². The summed E-state index contributed by atoms with van der Waals surface area (Å²) in [5.41, 5.74) is 1.63. The maximum absolute atomic E-state index is 13.4. The standard InChI is InChI=1S/C19H19FN4O2/c1-11-15(7-12-3-4-13(20)8-16(12)23-11)19(25)24-10-14(26-2)9-17(24)18-21-5-6-22-18/h3-8,14,17H,9-10H2,1-2H3,(H,21,22)/t14-,17?/m1/s1. The number of likely N-dealkylation sites (tertiary alicyclic amines) is 1. The van der Waals surface area contributed by atoms with Gasteiger partial charge >= 0.3 is 0 Å². The van der Waals surface area contributed by atoms with Gasteiger partial charge in [-0.15, -0.1) is 0 Å². The highest BCUT2D eigenvalue weighted by Crippen LogP contribution is 2.33. The average molecular weight is 354 g/mol. The monoisotopic (exact) mass is 354 g/mol. The van der Waals surface area contributed by atoms with E-state index >= 15 is 0 Å². The molecule has 1 unspecified atom stereocenters. The highest BCUT2D eigenvalue weighted by molar-refractivity contribution is 5.99. The van der Waals surface area contributed by atoms with E-state index in [0.717, 1.165) is 11.2 Å². The molecule has 26 heavy (non-hydrogen) atoms. The number of fused-ring (bicyclic) bond motifs is 1. The number of aromatic nitrogens is 3. The zero-order valence-electron chi connectivity index (χ0n) is 14.6. The number of halogens is 1. The molecule has 0 saturated carbocycles. The number of hydrogen-bond donors (Lipinski definition) is 1. The largest absolute Gasteiger partial charge is 0.380 e. The van der Waals surface area contributed by atoms with Crippen LogP contribution in [0.2, 0.25) is 0 Å². The first-order valence-corrected chi connectivity index (χ1v) is 8.46. The van der Waals surface area contributed by atoms with Gasteiger partial charge in [-0.25, -0.2) is 9.37 Å². The summed E-state index contributed by atoms with van der Waals surface area (Å²) in [4.78, 5) is 26.8. The van der Waals surface area contributed by atoms with Crippen LogP contribution in [0.5, 0.6) is 0 Å². The third kappa shape index (κ3) is 2.84. The predicted molar refractivity (Wildman–Crippen MR) is 94.2 cm³/mol. The molecule has 6 nitrogen and oxygen atoms in total. The molecule has 134 valence electrons. The Balaban J connectivity index is 1.72. The van der Waals surface area contributed by atoms with Gasteiger partial charge < -0.3 is 14.6 Å². The summed E-state index contributed by atoms with van der Waals surface area (Å²) in [6.45, 7) is 2.25. The van der Waals surface area contributed by atoms with Gasteiger partial charge in [0.05, 0.1) is 28.9 Å². The first-order chi connectivity index (χ1) is 12.6. The van der Waals surface area contributed by atoms with E-state index in [9.17, 15) is 9.18 Å². The summed E-state index contributed by atoms with van der Waals surface area (Å²) in [7, 11) is 1.65. The van der Waals surface area contributed by atoms with Gasteiger partial charge in [0.1, 0.15) is 11.6 Å². The van der Waals surface area contributed by atoms with E-state index in [1.807, 2.05) is 0 Å². The number of carbonyl (C=O) groups excluding carboxylic acids is 1. The van der Waals surface area contributed by atoms with E-state index in [2.05, 4.69) is 15.0 Å². The van der Waals surface area contributed by atoms with Crippen molar-refractivity contribution in [2.24, 2.45) is 0 Å². The fourth-order valence-corrected chi connectivity index (χ4v) is 3.52. The number of ether oxygens (including phenoxy) is 1. The minimum Gasteiger partial charge on any atom is -0.380 e. The van der Waals surface area contributed by atoms with Crippen molar-refractivity contribution in [3.8, 4) is 0 Å². The number of aryl methyl sites for hydroxylation is 1. The topological polar surface area (TPSA) is 71.1 Å². The zero-order chi connectivity index (χ0) is 18.3. The Hall–Kier alpha value is -2.80. The van der Waals surface area contributed by atoms with Crippen LogP contribution in [0.4, 0.5) is 4.39 Å². The number of carbonyl (C=O) groups is 1. The molecule has 0 bridgehead atoms. The second kappa shape index (κ2) is 6.49. The van der Waals surface area contributed by atoms with Gasteiger partial charge in [0.25, 0.3) is 5.91 Å². The Bertz CT molecular complexity index is 958. The van der Waals surface area contributed by atoms with Crippen LogP contribution in [0.1, 0.15) is 34.3 Å². The lowest BCUT2D eigenvalue weighted by Gasteiger charge is -2.23. The molecule has 2 atom stereocenters. The van der Waals surface area contributed by atoms with Gasteiger partial charge in [0.15, 0.2) is 0 Å². The van der Waals surface area contributed by atoms with Crippen LogP contribution in [-0.4, -0.2) is 45.5 Å². The summed E-state index contributed by atoms with van der Waals surface area (Å²) in [6, 6.07) is 5.99. The van der Waals surface area contributed by atoms with Gasteiger partial charge in [-0.2, -0.15) is 0 Å². The number of nitrogens with zero attached hydrogens (tertiary/aromatic N) is 3. The molecule has 1 fully saturated rings. The zero-order valence-corrected chi connectivity index (χ0v) is 14.6. The van der Waals surface area contributed by atoms with Gasteiger partial charge in [0.2, 0.25) is 0 Å². The summed E-state index contributed by atoms with van der Waals surface area (Å²) in [5.74, 6) is 0.275. The van der Waals surface area contributed by atoms with Gasteiger partial charge in [-0.3, -0.25) is 9.78 Å². The van der Waals surface area contributed by atoms with Crippen molar-refractivity contribution in [2.75, 3.05) is 13.7 Å². The van der Waals surface area contributed by atoms with Crippen LogP contribution in [-0.2, 0) is 4.74 Å². The number of aromatic amines is 1. The fourth-order valence-electron chi connectivity index (χ4n) is 3.52. The highest BCUT2D eigenvalue weighted by atomic mass is 19.1. The van der Waals surface area contributed by atoms with Crippen molar-refractivity contribution < 1.29 is 13.9 Å². The molecule has 0 aliphatic carbocycles. The van der Waals surface area contributed by atoms with Gasteiger partial charge in [-0.1, -0.05) is 0 Å². The SMILES string of the molecule is CO[C@@H]1CC(c2ncc[nH]2)N(C(=O)c2cc3ccc(F)cc3nc2C)C1. The molecule has 0 spiro atoms. The molecule has 1 amide bonds. The minimum atomic E-state index is -0.344. The lowest BCUT2D eigenvalue weighted by molar-refractivity contribution is 0.0683. The van der Waals surface area contributed by atoms with Crippen LogP contribution in [0, 0.1) is 12.7 Å². The van der Waals surface area contributed by atoms with Crippen molar-refractivity contribution in [2.45, 2.75) is 25.5 Å². The lowest BCUT2D eigenvalue weighted by atomic mass is 10.1. The molecule has 2 aromatic heterocycles. The Morgan fingerprint density at radius 3 is 2.96 bits per heavy atom. The van der Waals surface area contributed by atoms with E-state index in [4.69, 9.17) is 4.74 Å². The van der Waals surface area contributed by atoms with Crippen LogP contribution < -0.4 is 0 Å². The molecular formula is C19H19FN4O2. The molecule has 1 aliphatic rings. The molecule has 0 radical (unpaired) electrons. The molecular weight excluding hydrogens is 335 g/mol. The van der Waals surface area contributed by atoms with E-state index in [0.29, 0.717) is 29.7 Å². The lowest BCUT2D eigenvalue weighted by Crippen LogP contribution is -2.33. The third-order valence-corrected chi connectivity index (χ3v) is 4.89. The molecule has 1 saturated heterocycles. The van der Waals surface area contributed by atoms with Gasteiger partial charge in [-0.05, 0) is 25.1 Å². The second-order valence-corrected chi connectivity index (χ2v) is 6.50. The molecule has 1 aromatic carbocycles. The number of methoxy groups -OCH3 is 1. The van der Waals surface area contributed by atoms with Crippen molar-refractivity contribution >= 4 is 16.8 Å². The normalized spacial score (nSPS) is 20.0. The number of nitrogens with one attached hydrogen (secondary N) is 1. The minimum absolute atomic E-state index is 0.0446. The number of benzene rings is 1. The fraction of sp³-hybridized carbons (Fsp3) is 0.316. The van der Waals surface area contributed by atoms with Crippen LogP contribution >= 0.6 is 0 Å². The Morgan fingerprint density at radius 2 is 2.23 bits per heavy atom. The Morgan fingerprint density at radius 1 is 1.38 bits per heavy atom. The highest BCUT2D eigenvalue weighted by Gasteiger charge is 2.38. The van der Waals surface area contributed by atoms with Crippen molar-refractivity contribution in [3.63, 3.8) is 0 Å². The quantitative estimate of drug-likeness (QED) is 0.785. The van der Waals surface area contributed by atoms with Crippen molar-refractivity contribution in [1.29, 1.82) is 0 Å². The Labute approximate surface area is 150 Å². The molecule has 1 aliphatic heterocycles. The number of pyridine rings is 1. The number of imidazole rings is 1. The van der Waals surface area contributed by atoms with E-state index < -0.39 is 0 Å². The third-order valence-electron chi connectivity index (χ3n) is 4.89. The molecule has 4 rings (SSSR count). The summed E-state index contributed by atoms with van der Waals surface area (Å²) >= 11 is 0. The maximum Gasteiger partial charge on any atom is 0.256 e. The first-order valence-electron chi connectivity index (χ1n) is 8.46. The average Bonchev–Trinajstić information content (AvgIpc) is 3.29. The summed E-state index contributed by atoms with van der Waals surface area (Å²) in [5, 5.41) is 0.734. The number of hydrogen-bond acceptors (Lipinski definition) is 4. The Kier molecular flexibility index (Phi) is 4.16. The smallest absolute Gasteiger partial charge is 0.256 e. The molecule has 3 heterocycles.